The molecule has 0 aliphatic carbocycles. The summed E-state index contributed by atoms with van der Waals surface area (Å²) in [5, 5.41) is 28.0. The lowest BCUT2D eigenvalue weighted by atomic mass is 9.96. The van der Waals surface area contributed by atoms with Gasteiger partial charge in [0.15, 0.2) is 0 Å². The Balaban J connectivity index is 2.87. The number of carboxylic acids is 1. The van der Waals surface area contributed by atoms with E-state index in [0.29, 0.717) is 12.0 Å². The summed E-state index contributed by atoms with van der Waals surface area (Å²) in [4.78, 5) is 10.5. The first-order chi connectivity index (χ1) is 8.06. The van der Waals surface area contributed by atoms with Gasteiger partial charge in [-0.2, -0.15) is 0 Å². The molecule has 5 heteroatoms. The van der Waals surface area contributed by atoms with Gasteiger partial charge in [0.2, 0.25) is 0 Å². The molecule has 1 aromatic carbocycles. The number of carboxylic acid groups (broad SMARTS) is 1. The van der Waals surface area contributed by atoms with Crippen LogP contribution in [0.5, 0.6) is 0 Å². The number of nitrogens with two attached hydrogens (primary N) is 1. The Bertz CT molecular complexity index is 381. The number of carbonyl (C=O) groups is 1. The maximum Gasteiger partial charge on any atom is 0.303 e. The lowest BCUT2D eigenvalue weighted by Gasteiger charge is -2.19. The zero-order chi connectivity index (χ0) is 12.8. The highest BCUT2D eigenvalue weighted by molar-refractivity contribution is 5.67. The summed E-state index contributed by atoms with van der Waals surface area (Å²) in [7, 11) is 0. The number of hydrogen-bond acceptors (Lipinski definition) is 4. The number of hydrogen-bond donors (Lipinski definition) is 4. The van der Waals surface area contributed by atoms with E-state index in [0.717, 1.165) is 5.56 Å². The van der Waals surface area contributed by atoms with Gasteiger partial charge >= 0.3 is 5.97 Å². The third-order valence-corrected chi connectivity index (χ3v) is 2.59. The Kier molecular flexibility index (Phi) is 5.09. The predicted molar refractivity (Wildman–Crippen MR) is 62.4 cm³/mol. The summed E-state index contributed by atoms with van der Waals surface area (Å²) < 4.78 is 0. The molecule has 0 fully saturated rings. The number of benzene rings is 1. The van der Waals surface area contributed by atoms with Crippen LogP contribution >= 0.6 is 0 Å². The smallest absolute Gasteiger partial charge is 0.303 e. The second kappa shape index (κ2) is 6.34. The molecule has 0 saturated heterocycles. The standard InChI is InChI=1S/C12H17NO4/c13-7-10(14)12(17)9-4-2-1-3-8(9)5-6-11(15)16/h1-4,10,12,14,17H,5-7,13H2,(H,15,16). The minimum absolute atomic E-state index is 0.0115. The molecule has 17 heavy (non-hydrogen) atoms. The summed E-state index contributed by atoms with van der Waals surface area (Å²) in [6.07, 6.45) is -1.81. The fourth-order valence-corrected chi connectivity index (χ4v) is 1.63. The third kappa shape index (κ3) is 3.81. The molecule has 0 aliphatic heterocycles. The van der Waals surface area contributed by atoms with Crippen molar-refractivity contribution in [1.29, 1.82) is 0 Å². The molecule has 5 nitrogen and oxygen atoms in total. The van der Waals surface area contributed by atoms with Gasteiger partial charge in [-0.15, -0.1) is 0 Å². The van der Waals surface area contributed by atoms with E-state index >= 15 is 0 Å². The topological polar surface area (TPSA) is 104 Å². The number of aryl methyl sites for hydroxylation is 1. The molecule has 0 aliphatic rings. The first kappa shape index (κ1) is 13.6. The quantitative estimate of drug-likeness (QED) is 0.562. The minimum Gasteiger partial charge on any atom is -0.481 e. The Morgan fingerprint density at radius 1 is 1.29 bits per heavy atom. The molecule has 5 N–H and O–H groups in total. The summed E-state index contributed by atoms with van der Waals surface area (Å²) in [5.41, 5.74) is 6.53. The fraction of sp³-hybridized carbons (Fsp3) is 0.417. The van der Waals surface area contributed by atoms with Crippen LogP contribution in [0.3, 0.4) is 0 Å². The molecule has 1 rings (SSSR count). The molecule has 0 aromatic heterocycles. The molecule has 0 heterocycles. The molecular weight excluding hydrogens is 222 g/mol. The summed E-state index contributed by atoms with van der Waals surface area (Å²) >= 11 is 0. The van der Waals surface area contributed by atoms with Gasteiger partial charge in [-0.25, -0.2) is 0 Å². The maximum absolute atomic E-state index is 10.5. The van der Waals surface area contributed by atoms with Gasteiger partial charge in [-0.05, 0) is 17.5 Å². The summed E-state index contributed by atoms with van der Waals surface area (Å²) in [6.45, 7) is -0.0472. The molecule has 0 bridgehead atoms. The Hall–Kier alpha value is -1.43. The summed E-state index contributed by atoms with van der Waals surface area (Å²) in [5.74, 6) is -0.895. The molecular formula is C12H17NO4. The lowest BCUT2D eigenvalue weighted by Crippen LogP contribution is -2.27. The van der Waals surface area contributed by atoms with E-state index in [1.165, 1.54) is 0 Å². The van der Waals surface area contributed by atoms with Gasteiger partial charge in [0.1, 0.15) is 6.10 Å². The molecule has 0 radical (unpaired) electrons. The van der Waals surface area contributed by atoms with Crippen molar-refractivity contribution >= 4 is 5.97 Å². The molecule has 0 spiro atoms. The third-order valence-electron chi connectivity index (χ3n) is 2.59. The van der Waals surface area contributed by atoms with Gasteiger partial charge in [0, 0.05) is 13.0 Å². The molecule has 94 valence electrons. The Labute approximate surface area is 99.5 Å². The first-order valence-electron chi connectivity index (χ1n) is 5.42. The normalized spacial score (nSPS) is 14.3. The zero-order valence-electron chi connectivity index (χ0n) is 9.41. The summed E-state index contributed by atoms with van der Waals surface area (Å²) in [6, 6.07) is 6.90. The van der Waals surface area contributed by atoms with Gasteiger partial charge in [-0.3, -0.25) is 4.79 Å². The van der Waals surface area contributed by atoms with Crippen LogP contribution in [0, 0.1) is 0 Å². The van der Waals surface area contributed by atoms with E-state index in [1.807, 2.05) is 0 Å². The monoisotopic (exact) mass is 239 g/mol. The Morgan fingerprint density at radius 2 is 1.94 bits per heavy atom. The number of aliphatic carboxylic acids is 1. The van der Waals surface area contributed by atoms with Gasteiger partial charge < -0.3 is 21.1 Å². The van der Waals surface area contributed by atoms with Crippen molar-refractivity contribution < 1.29 is 20.1 Å². The first-order valence-corrected chi connectivity index (χ1v) is 5.42. The SMILES string of the molecule is NCC(O)C(O)c1ccccc1CCC(=O)O. The van der Waals surface area contributed by atoms with Crippen LogP contribution in [0.4, 0.5) is 0 Å². The number of rotatable bonds is 6. The van der Waals surface area contributed by atoms with Crippen LogP contribution in [-0.2, 0) is 11.2 Å². The van der Waals surface area contributed by atoms with Crippen LogP contribution in [0.1, 0.15) is 23.7 Å². The van der Waals surface area contributed by atoms with Crippen LogP contribution < -0.4 is 5.73 Å². The highest BCUT2D eigenvalue weighted by Gasteiger charge is 2.19. The van der Waals surface area contributed by atoms with E-state index < -0.39 is 18.2 Å². The highest BCUT2D eigenvalue weighted by Crippen LogP contribution is 2.22. The predicted octanol–water partition coefficient (Wildman–Crippen LogP) is 0.0568. The molecule has 1 aromatic rings. The molecule has 0 saturated carbocycles. The zero-order valence-corrected chi connectivity index (χ0v) is 9.41. The van der Waals surface area contributed by atoms with Crippen molar-refractivity contribution in [2.45, 2.75) is 25.0 Å². The fourth-order valence-electron chi connectivity index (χ4n) is 1.63. The van der Waals surface area contributed by atoms with Crippen molar-refractivity contribution in [3.63, 3.8) is 0 Å². The lowest BCUT2D eigenvalue weighted by molar-refractivity contribution is -0.136. The van der Waals surface area contributed by atoms with Crippen molar-refractivity contribution in [3.8, 4) is 0 Å². The van der Waals surface area contributed by atoms with Gasteiger partial charge in [0.25, 0.3) is 0 Å². The van der Waals surface area contributed by atoms with Crippen LogP contribution in [0.25, 0.3) is 0 Å². The van der Waals surface area contributed by atoms with Crippen molar-refractivity contribution in [2.24, 2.45) is 5.73 Å². The Morgan fingerprint density at radius 3 is 2.53 bits per heavy atom. The van der Waals surface area contributed by atoms with Gasteiger partial charge in [-0.1, -0.05) is 24.3 Å². The van der Waals surface area contributed by atoms with Crippen molar-refractivity contribution in [3.05, 3.63) is 35.4 Å². The number of aliphatic hydroxyl groups is 2. The molecule has 2 atom stereocenters. The second-order valence-corrected chi connectivity index (χ2v) is 3.84. The van der Waals surface area contributed by atoms with E-state index in [9.17, 15) is 15.0 Å². The van der Waals surface area contributed by atoms with E-state index in [-0.39, 0.29) is 13.0 Å². The number of aliphatic hydroxyl groups excluding tert-OH is 2. The highest BCUT2D eigenvalue weighted by atomic mass is 16.4. The average molecular weight is 239 g/mol. The van der Waals surface area contributed by atoms with E-state index in [2.05, 4.69) is 0 Å². The van der Waals surface area contributed by atoms with Crippen LogP contribution in [0.15, 0.2) is 24.3 Å². The van der Waals surface area contributed by atoms with Crippen LogP contribution in [-0.4, -0.2) is 33.9 Å². The molecule has 0 amide bonds. The van der Waals surface area contributed by atoms with Crippen molar-refractivity contribution in [1.82, 2.24) is 0 Å². The van der Waals surface area contributed by atoms with E-state index in [4.69, 9.17) is 10.8 Å². The van der Waals surface area contributed by atoms with Crippen molar-refractivity contribution in [2.75, 3.05) is 6.54 Å². The largest absolute Gasteiger partial charge is 0.481 e. The average Bonchev–Trinajstić information content (AvgIpc) is 2.34. The molecule has 2 unspecified atom stereocenters. The maximum atomic E-state index is 10.5. The minimum atomic E-state index is -1.08. The second-order valence-electron chi connectivity index (χ2n) is 3.84. The van der Waals surface area contributed by atoms with E-state index in [1.54, 1.807) is 24.3 Å². The van der Waals surface area contributed by atoms with Crippen LogP contribution in [0.2, 0.25) is 0 Å². The van der Waals surface area contributed by atoms with Gasteiger partial charge in [0.05, 0.1) is 6.10 Å².